The summed E-state index contributed by atoms with van der Waals surface area (Å²) in [6, 6.07) is 16.9. The lowest BCUT2D eigenvalue weighted by Gasteiger charge is -2.11. The number of halogens is 3. The van der Waals surface area contributed by atoms with Crippen LogP contribution in [0.3, 0.4) is 0 Å². The molecular formula is C22H11Cl2FN2O2. The molecule has 0 saturated carbocycles. The predicted octanol–water partition coefficient (Wildman–Crippen LogP) is 6.30. The van der Waals surface area contributed by atoms with E-state index in [-0.39, 0.29) is 22.1 Å². The molecule has 0 atom stereocenters. The van der Waals surface area contributed by atoms with Crippen molar-refractivity contribution in [1.82, 2.24) is 4.98 Å². The average molecular weight is 425 g/mol. The molecule has 3 aromatic carbocycles. The van der Waals surface area contributed by atoms with Crippen molar-refractivity contribution in [2.75, 3.05) is 0 Å². The summed E-state index contributed by atoms with van der Waals surface area (Å²) in [7, 11) is 0. The zero-order valence-corrected chi connectivity index (χ0v) is 16.2. The number of benzene rings is 3. The van der Waals surface area contributed by atoms with Crippen LogP contribution in [0.4, 0.5) is 4.39 Å². The Hall–Kier alpha value is -3.33. The van der Waals surface area contributed by atoms with Gasteiger partial charge in [0.05, 0.1) is 28.2 Å². The Morgan fingerprint density at radius 2 is 1.76 bits per heavy atom. The maximum Gasteiger partial charge on any atom is 0.193 e. The Balaban J connectivity index is 1.88. The average Bonchev–Trinajstić information content (AvgIpc) is 2.69. The molecule has 0 fully saturated rings. The molecule has 0 radical (unpaired) electrons. The van der Waals surface area contributed by atoms with Crippen LogP contribution in [-0.4, -0.2) is 4.98 Å². The third-order valence-corrected chi connectivity index (χ3v) is 4.87. The summed E-state index contributed by atoms with van der Waals surface area (Å²) in [6.07, 6.45) is 0. The van der Waals surface area contributed by atoms with E-state index in [1.165, 1.54) is 12.1 Å². The van der Waals surface area contributed by atoms with Gasteiger partial charge in [0, 0.05) is 27.7 Å². The molecule has 0 unspecified atom stereocenters. The number of H-pyrrole nitrogens is 1. The number of hydrogen-bond acceptors (Lipinski definition) is 3. The number of pyridine rings is 1. The summed E-state index contributed by atoms with van der Waals surface area (Å²) in [5.41, 5.74) is 1.09. The first kappa shape index (κ1) is 19.0. The van der Waals surface area contributed by atoms with E-state index in [1.807, 2.05) is 6.07 Å². The number of nitrogens with zero attached hydrogens (tertiary/aromatic N) is 1. The minimum absolute atomic E-state index is 0.0759. The summed E-state index contributed by atoms with van der Waals surface area (Å²) in [5, 5.41) is 10.2. The lowest BCUT2D eigenvalue weighted by atomic mass is 10.1. The van der Waals surface area contributed by atoms with Crippen LogP contribution in [0.2, 0.25) is 10.0 Å². The highest BCUT2D eigenvalue weighted by Crippen LogP contribution is 2.32. The van der Waals surface area contributed by atoms with Gasteiger partial charge in [0.15, 0.2) is 5.43 Å². The summed E-state index contributed by atoms with van der Waals surface area (Å²) in [5.74, 6) is -0.0901. The molecule has 1 heterocycles. The van der Waals surface area contributed by atoms with E-state index in [0.717, 1.165) is 6.07 Å². The standard InChI is InChI=1S/C22H11Cl2FN2O2/c23-13-2-4-15(5-3-13)29-21-9-14(25)8-19-22(21)20(28)10-18(27-19)16-7-12(11-26)1-6-17(16)24/h1-10H,(H,27,28). The zero-order chi connectivity index (χ0) is 20.5. The van der Waals surface area contributed by atoms with Gasteiger partial charge in [-0.15, -0.1) is 0 Å². The molecule has 4 nitrogen and oxygen atoms in total. The molecule has 1 aromatic heterocycles. The van der Waals surface area contributed by atoms with Crippen LogP contribution >= 0.6 is 23.2 Å². The normalized spacial score (nSPS) is 10.7. The topological polar surface area (TPSA) is 65.9 Å². The van der Waals surface area contributed by atoms with Gasteiger partial charge in [-0.25, -0.2) is 4.39 Å². The molecule has 0 amide bonds. The van der Waals surface area contributed by atoms with E-state index in [4.69, 9.17) is 33.2 Å². The third kappa shape index (κ3) is 3.81. The van der Waals surface area contributed by atoms with Gasteiger partial charge < -0.3 is 9.72 Å². The Morgan fingerprint density at radius 1 is 1.00 bits per heavy atom. The van der Waals surface area contributed by atoms with Crippen molar-refractivity contribution >= 4 is 34.1 Å². The maximum absolute atomic E-state index is 14.2. The number of ether oxygens (including phenoxy) is 1. The first-order valence-electron chi connectivity index (χ1n) is 8.44. The van der Waals surface area contributed by atoms with Crippen LogP contribution < -0.4 is 10.2 Å². The molecule has 7 heteroatoms. The van der Waals surface area contributed by atoms with Crippen LogP contribution in [0.1, 0.15) is 5.56 Å². The molecule has 142 valence electrons. The van der Waals surface area contributed by atoms with Crippen LogP contribution in [0.15, 0.2) is 65.5 Å². The highest BCUT2D eigenvalue weighted by molar-refractivity contribution is 6.33. The molecule has 0 aliphatic carbocycles. The zero-order valence-electron chi connectivity index (χ0n) is 14.7. The van der Waals surface area contributed by atoms with Crippen LogP contribution in [0.5, 0.6) is 11.5 Å². The molecular weight excluding hydrogens is 414 g/mol. The smallest absolute Gasteiger partial charge is 0.193 e. The van der Waals surface area contributed by atoms with E-state index in [1.54, 1.807) is 42.5 Å². The van der Waals surface area contributed by atoms with Gasteiger partial charge in [-0.3, -0.25) is 4.79 Å². The Kier molecular flexibility index (Phi) is 4.98. The molecule has 4 rings (SSSR count). The SMILES string of the molecule is N#Cc1ccc(Cl)c(-c2cc(=O)c3c(Oc4ccc(Cl)cc4)cc(F)cc3[nH]2)c1. The molecule has 1 N–H and O–H groups in total. The number of fused-ring (bicyclic) bond motifs is 1. The molecule has 0 bridgehead atoms. The van der Waals surface area contributed by atoms with Crippen molar-refractivity contribution in [2.24, 2.45) is 0 Å². The monoisotopic (exact) mass is 424 g/mol. The Labute approximate surface area is 174 Å². The third-order valence-electron chi connectivity index (χ3n) is 4.29. The van der Waals surface area contributed by atoms with Crippen LogP contribution in [0, 0.1) is 17.1 Å². The van der Waals surface area contributed by atoms with Crippen molar-refractivity contribution < 1.29 is 9.13 Å². The van der Waals surface area contributed by atoms with Crippen molar-refractivity contribution in [2.45, 2.75) is 0 Å². The van der Waals surface area contributed by atoms with Gasteiger partial charge >= 0.3 is 0 Å². The summed E-state index contributed by atoms with van der Waals surface area (Å²) >= 11 is 12.1. The number of nitrogens with one attached hydrogen (secondary N) is 1. The minimum atomic E-state index is -0.578. The van der Waals surface area contributed by atoms with Gasteiger partial charge in [-0.1, -0.05) is 23.2 Å². The highest BCUT2D eigenvalue weighted by atomic mass is 35.5. The molecule has 29 heavy (non-hydrogen) atoms. The van der Waals surface area contributed by atoms with E-state index in [0.29, 0.717) is 32.6 Å². The predicted molar refractivity (Wildman–Crippen MR) is 111 cm³/mol. The number of nitriles is 1. The van der Waals surface area contributed by atoms with E-state index >= 15 is 0 Å². The fraction of sp³-hybridized carbons (Fsp3) is 0. The van der Waals surface area contributed by atoms with Gasteiger partial charge in [0.2, 0.25) is 0 Å². The minimum Gasteiger partial charge on any atom is -0.456 e. The summed E-state index contributed by atoms with van der Waals surface area (Å²) in [4.78, 5) is 15.9. The number of aromatic nitrogens is 1. The highest BCUT2D eigenvalue weighted by Gasteiger charge is 2.14. The van der Waals surface area contributed by atoms with Gasteiger partial charge in [-0.2, -0.15) is 5.26 Å². The second-order valence-electron chi connectivity index (χ2n) is 6.24. The summed E-state index contributed by atoms with van der Waals surface area (Å²) < 4.78 is 20.0. The van der Waals surface area contributed by atoms with Crippen molar-refractivity contribution in [3.05, 3.63) is 92.3 Å². The molecule has 4 aromatic rings. The van der Waals surface area contributed by atoms with E-state index in [2.05, 4.69) is 4.98 Å². The largest absolute Gasteiger partial charge is 0.456 e. The second-order valence-corrected chi connectivity index (χ2v) is 7.08. The first-order valence-corrected chi connectivity index (χ1v) is 9.20. The maximum atomic E-state index is 14.2. The Morgan fingerprint density at radius 3 is 2.48 bits per heavy atom. The molecule has 0 aliphatic heterocycles. The van der Waals surface area contributed by atoms with Crippen molar-refractivity contribution in [3.8, 4) is 28.8 Å². The number of aromatic amines is 1. The van der Waals surface area contributed by atoms with Gasteiger partial charge in [0.25, 0.3) is 0 Å². The molecule has 0 saturated heterocycles. The van der Waals surface area contributed by atoms with Crippen LogP contribution in [-0.2, 0) is 0 Å². The van der Waals surface area contributed by atoms with Crippen molar-refractivity contribution in [3.63, 3.8) is 0 Å². The second kappa shape index (κ2) is 7.59. The van der Waals surface area contributed by atoms with Gasteiger partial charge in [-0.05, 0) is 48.5 Å². The Bertz CT molecular complexity index is 1340. The lowest BCUT2D eigenvalue weighted by molar-refractivity contribution is 0.482. The summed E-state index contributed by atoms with van der Waals surface area (Å²) in [6.45, 7) is 0. The van der Waals surface area contributed by atoms with E-state index in [9.17, 15) is 9.18 Å². The van der Waals surface area contributed by atoms with Crippen LogP contribution in [0.25, 0.3) is 22.2 Å². The fourth-order valence-electron chi connectivity index (χ4n) is 2.98. The van der Waals surface area contributed by atoms with E-state index < -0.39 is 5.82 Å². The van der Waals surface area contributed by atoms with Gasteiger partial charge in [0.1, 0.15) is 17.3 Å². The molecule has 0 spiro atoms. The number of hydrogen-bond donors (Lipinski definition) is 1. The molecule has 0 aliphatic rings. The fourth-order valence-corrected chi connectivity index (χ4v) is 3.32. The quantitative estimate of drug-likeness (QED) is 0.419. The lowest BCUT2D eigenvalue weighted by Crippen LogP contribution is -2.05. The van der Waals surface area contributed by atoms with Crippen molar-refractivity contribution in [1.29, 1.82) is 5.26 Å². The first-order chi connectivity index (χ1) is 13.9. The number of rotatable bonds is 3.